The fourth-order valence-electron chi connectivity index (χ4n) is 2.10. The van der Waals surface area contributed by atoms with Gasteiger partial charge >= 0.3 is 5.97 Å². The molecule has 1 amide bonds. The molecule has 96 valence electrons. The molecule has 0 saturated heterocycles. The molecule has 0 aliphatic heterocycles. The predicted octanol–water partition coefficient (Wildman–Crippen LogP) is 2.03. The molecule has 1 heterocycles. The number of aliphatic carboxylic acids is 1. The molecule has 2 atom stereocenters. The number of carbonyl (C=O) groups is 2. The number of hydrogen-bond donors (Lipinski definition) is 2. The van der Waals surface area contributed by atoms with E-state index in [4.69, 9.17) is 5.11 Å². The van der Waals surface area contributed by atoms with Gasteiger partial charge in [-0.25, -0.2) is 0 Å². The summed E-state index contributed by atoms with van der Waals surface area (Å²) in [6.07, 6.45) is 4.66. The third kappa shape index (κ3) is 2.98. The summed E-state index contributed by atoms with van der Waals surface area (Å²) in [5.74, 6) is -2.11. The largest absolute Gasteiger partial charge is 0.481 e. The second-order valence-corrected chi connectivity index (χ2v) is 5.32. The van der Waals surface area contributed by atoms with Gasteiger partial charge in [-0.1, -0.05) is 18.2 Å². The quantitative estimate of drug-likeness (QED) is 0.819. The van der Waals surface area contributed by atoms with Crippen molar-refractivity contribution in [3.05, 3.63) is 34.5 Å². The second-order valence-electron chi connectivity index (χ2n) is 4.29. The maximum Gasteiger partial charge on any atom is 0.307 e. The lowest BCUT2D eigenvalue weighted by molar-refractivity contribution is -0.147. The minimum atomic E-state index is -0.893. The second kappa shape index (κ2) is 5.82. The molecule has 18 heavy (non-hydrogen) atoms. The molecule has 1 aliphatic carbocycles. The van der Waals surface area contributed by atoms with E-state index in [2.05, 4.69) is 5.32 Å². The highest BCUT2D eigenvalue weighted by atomic mass is 32.1. The molecular weight excluding hydrogens is 250 g/mol. The lowest BCUT2D eigenvalue weighted by atomic mass is 9.82. The van der Waals surface area contributed by atoms with E-state index in [1.54, 1.807) is 11.3 Å². The number of carboxylic acids is 1. The third-order valence-corrected chi connectivity index (χ3v) is 3.98. The number of carbonyl (C=O) groups excluding carboxylic acids is 1. The van der Waals surface area contributed by atoms with Gasteiger partial charge in [0.05, 0.1) is 18.4 Å². The van der Waals surface area contributed by atoms with E-state index in [1.165, 1.54) is 0 Å². The summed E-state index contributed by atoms with van der Waals surface area (Å²) >= 11 is 1.57. The average Bonchev–Trinajstić information content (AvgIpc) is 2.89. The number of rotatable bonds is 4. The van der Waals surface area contributed by atoms with Crippen molar-refractivity contribution in [1.82, 2.24) is 5.32 Å². The topological polar surface area (TPSA) is 66.4 Å². The van der Waals surface area contributed by atoms with Gasteiger partial charge in [0.15, 0.2) is 0 Å². The van der Waals surface area contributed by atoms with Crippen LogP contribution in [0.1, 0.15) is 17.7 Å². The minimum Gasteiger partial charge on any atom is -0.481 e. The number of carboxylic acid groups (broad SMARTS) is 1. The number of allylic oxidation sites excluding steroid dienone is 2. The molecular formula is C13H15NO3S. The Hall–Kier alpha value is -1.62. The number of amides is 1. The summed E-state index contributed by atoms with van der Waals surface area (Å²) in [6.45, 7) is 0.475. The molecule has 2 unspecified atom stereocenters. The van der Waals surface area contributed by atoms with E-state index in [-0.39, 0.29) is 5.91 Å². The molecule has 0 radical (unpaired) electrons. The Bertz CT molecular complexity index is 453. The van der Waals surface area contributed by atoms with Crippen LogP contribution in [-0.2, 0) is 16.1 Å². The molecule has 0 bridgehead atoms. The van der Waals surface area contributed by atoms with Crippen LogP contribution in [0.3, 0.4) is 0 Å². The summed E-state index contributed by atoms with van der Waals surface area (Å²) in [6, 6.07) is 3.87. The van der Waals surface area contributed by atoms with Crippen molar-refractivity contribution in [2.75, 3.05) is 0 Å². The van der Waals surface area contributed by atoms with Crippen LogP contribution in [0.4, 0.5) is 0 Å². The average molecular weight is 265 g/mol. The highest BCUT2D eigenvalue weighted by Gasteiger charge is 2.33. The Morgan fingerprint density at radius 1 is 1.33 bits per heavy atom. The maximum atomic E-state index is 12.0. The van der Waals surface area contributed by atoms with Gasteiger partial charge in [0, 0.05) is 4.88 Å². The zero-order valence-corrected chi connectivity index (χ0v) is 10.7. The van der Waals surface area contributed by atoms with Crippen LogP contribution in [-0.4, -0.2) is 17.0 Å². The highest BCUT2D eigenvalue weighted by Crippen LogP contribution is 2.26. The van der Waals surface area contributed by atoms with Crippen molar-refractivity contribution < 1.29 is 14.7 Å². The molecule has 1 aliphatic rings. The van der Waals surface area contributed by atoms with E-state index >= 15 is 0 Å². The minimum absolute atomic E-state index is 0.167. The fourth-order valence-corrected chi connectivity index (χ4v) is 2.74. The van der Waals surface area contributed by atoms with Crippen molar-refractivity contribution in [3.63, 3.8) is 0 Å². The van der Waals surface area contributed by atoms with Crippen LogP contribution in [0, 0.1) is 11.8 Å². The molecule has 4 nitrogen and oxygen atoms in total. The van der Waals surface area contributed by atoms with E-state index < -0.39 is 17.8 Å². The predicted molar refractivity (Wildman–Crippen MR) is 69.2 cm³/mol. The fraction of sp³-hybridized carbons (Fsp3) is 0.385. The van der Waals surface area contributed by atoms with Crippen molar-refractivity contribution in [2.24, 2.45) is 11.8 Å². The lowest BCUT2D eigenvalue weighted by Gasteiger charge is -2.24. The SMILES string of the molecule is O=C(O)C1CC=CCC1C(=O)NCc1cccs1. The van der Waals surface area contributed by atoms with E-state index in [9.17, 15) is 9.59 Å². The van der Waals surface area contributed by atoms with Crippen LogP contribution in [0.15, 0.2) is 29.7 Å². The van der Waals surface area contributed by atoms with E-state index in [0.29, 0.717) is 19.4 Å². The Kier molecular flexibility index (Phi) is 4.15. The summed E-state index contributed by atoms with van der Waals surface area (Å²) in [4.78, 5) is 24.2. The molecule has 0 fully saturated rings. The Morgan fingerprint density at radius 2 is 2.06 bits per heavy atom. The van der Waals surface area contributed by atoms with Gasteiger partial charge in [-0.15, -0.1) is 11.3 Å². The Balaban J connectivity index is 1.94. The highest BCUT2D eigenvalue weighted by molar-refractivity contribution is 7.09. The molecule has 0 aromatic carbocycles. The van der Waals surface area contributed by atoms with Crippen molar-refractivity contribution in [3.8, 4) is 0 Å². The third-order valence-electron chi connectivity index (χ3n) is 3.10. The molecule has 1 aromatic heterocycles. The first-order chi connectivity index (χ1) is 8.68. The monoisotopic (exact) mass is 265 g/mol. The Morgan fingerprint density at radius 3 is 2.67 bits per heavy atom. The Labute approximate surface area is 109 Å². The molecule has 0 saturated carbocycles. The number of nitrogens with one attached hydrogen (secondary N) is 1. The van der Waals surface area contributed by atoms with Gasteiger partial charge in [-0.3, -0.25) is 9.59 Å². The zero-order valence-electron chi connectivity index (χ0n) is 9.83. The summed E-state index contributed by atoms with van der Waals surface area (Å²) in [5, 5.41) is 13.9. The summed E-state index contributed by atoms with van der Waals surface area (Å²) < 4.78 is 0. The molecule has 5 heteroatoms. The van der Waals surface area contributed by atoms with Gasteiger partial charge in [0.1, 0.15) is 0 Å². The van der Waals surface area contributed by atoms with Crippen LogP contribution >= 0.6 is 11.3 Å². The summed E-state index contributed by atoms with van der Waals surface area (Å²) in [7, 11) is 0. The van der Waals surface area contributed by atoms with Crippen LogP contribution in [0.25, 0.3) is 0 Å². The van der Waals surface area contributed by atoms with E-state index in [1.807, 2.05) is 29.7 Å². The molecule has 1 aromatic rings. The lowest BCUT2D eigenvalue weighted by Crippen LogP contribution is -2.38. The van der Waals surface area contributed by atoms with E-state index in [0.717, 1.165) is 4.88 Å². The van der Waals surface area contributed by atoms with Crippen molar-refractivity contribution in [2.45, 2.75) is 19.4 Å². The molecule has 2 rings (SSSR count). The zero-order chi connectivity index (χ0) is 13.0. The standard InChI is InChI=1S/C13H15NO3S/c15-12(14-8-9-4-3-7-18-9)10-5-1-2-6-11(10)13(16)17/h1-4,7,10-11H,5-6,8H2,(H,14,15)(H,16,17). The van der Waals surface area contributed by atoms with Gasteiger partial charge in [0.25, 0.3) is 0 Å². The van der Waals surface area contributed by atoms with Crippen molar-refractivity contribution in [1.29, 1.82) is 0 Å². The smallest absolute Gasteiger partial charge is 0.307 e. The van der Waals surface area contributed by atoms with Gasteiger partial charge < -0.3 is 10.4 Å². The van der Waals surface area contributed by atoms with Crippen molar-refractivity contribution >= 4 is 23.2 Å². The van der Waals surface area contributed by atoms with Crippen LogP contribution < -0.4 is 5.32 Å². The van der Waals surface area contributed by atoms with Crippen LogP contribution in [0.5, 0.6) is 0 Å². The first-order valence-electron chi connectivity index (χ1n) is 5.86. The number of thiophene rings is 1. The van der Waals surface area contributed by atoms with Crippen LogP contribution in [0.2, 0.25) is 0 Å². The summed E-state index contributed by atoms with van der Waals surface area (Å²) in [5.41, 5.74) is 0. The first kappa shape index (κ1) is 12.8. The van der Waals surface area contributed by atoms with Gasteiger partial charge in [-0.2, -0.15) is 0 Å². The van der Waals surface area contributed by atoms with Gasteiger partial charge in [-0.05, 0) is 24.3 Å². The maximum absolute atomic E-state index is 12.0. The molecule has 0 spiro atoms. The first-order valence-corrected chi connectivity index (χ1v) is 6.74. The molecule has 2 N–H and O–H groups in total. The normalized spacial score (nSPS) is 22.7. The number of hydrogen-bond acceptors (Lipinski definition) is 3. The van der Waals surface area contributed by atoms with Gasteiger partial charge in [0.2, 0.25) is 5.91 Å².